The van der Waals surface area contributed by atoms with Crippen LogP contribution in [-0.4, -0.2) is 72.0 Å². The first-order chi connectivity index (χ1) is 8.99. The molecule has 0 aliphatic carbocycles. The monoisotopic (exact) mass is 384 g/mol. The Labute approximate surface area is 142 Å². The van der Waals surface area contributed by atoms with Crippen LogP contribution in [0.15, 0.2) is 0 Å². The summed E-state index contributed by atoms with van der Waals surface area (Å²) in [6, 6.07) is 1.35. The molecular weight excluding hydrogens is 356 g/mol. The van der Waals surface area contributed by atoms with Crippen molar-refractivity contribution in [3.63, 3.8) is 0 Å². The molecule has 2 saturated heterocycles. The Morgan fingerprint density at radius 2 is 1.70 bits per heavy atom. The van der Waals surface area contributed by atoms with Gasteiger partial charge in [-0.25, -0.2) is 0 Å². The van der Waals surface area contributed by atoms with Gasteiger partial charge in [0.1, 0.15) is 11.0 Å². The molecular formula is C13H29BrN4S2. The Morgan fingerprint density at radius 1 is 1.05 bits per heavy atom. The minimum absolute atomic E-state index is 0. The van der Waals surface area contributed by atoms with E-state index in [0.717, 1.165) is 0 Å². The van der Waals surface area contributed by atoms with Crippen LogP contribution in [-0.2, 0) is 0 Å². The zero-order valence-electron chi connectivity index (χ0n) is 13.2. The number of hydrogen-bond donors (Lipinski definition) is 1. The third-order valence-electron chi connectivity index (χ3n) is 4.32. The van der Waals surface area contributed by atoms with Crippen LogP contribution in [0.4, 0.5) is 0 Å². The minimum Gasteiger partial charge on any atom is -0.304 e. The highest BCUT2D eigenvalue weighted by atomic mass is 79.9. The van der Waals surface area contributed by atoms with Crippen molar-refractivity contribution >= 4 is 38.6 Å². The summed E-state index contributed by atoms with van der Waals surface area (Å²) in [5, 5.41) is 3.73. The Hall–Kier alpha value is 1.02. The summed E-state index contributed by atoms with van der Waals surface area (Å²) >= 11 is 0. The zero-order valence-corrected chi connectivity index (χ0v) is 16.6. The normalized spacial score (nSPS) is 37.5. The van der Waals surface area contributed by atoms with Crippen molar-refractivity contribution in [2.45, 2.75) is 49.8 Å². The van der Waals surface area contributed by atoms with E-state index in [1.807, 2.05) is 21.6 Å². The van der Waals surface area contributed by atoms with Crippen LogP contribution in [0.5, 0.6) is 0 Å². The molecule has 4 nitrogen and oxygen atoms in total. The highest BCUT2D eigenvalue weighted by Crippen LogP contribution is 2.39. The molecule has 0 amide bonds. The average Bonchev–Trinajstić information content (AvgIpc) is 2.84. The van der Waals surface area contributed by atoms with Crippen LogP contribution in [0, 0.1) is 0 Å². The summed E-state index contributed by atoms with van der Waals surface area (Å²) < 4.78 is 0. The fourth-order valence-electron chi connectivity index (χ4n) is 2.57. The lowest BCUT2D eigenvalue weighted by Crippen LogP contribution is -2.52. The van der Waals surface area contributed by atoms with Crippen molar-refractivity contribution in [3.8, 4) is 0 Å². The molecule has 2 fully saturated rings. The quantitative estimate of drug-likeness (QED) is 0.733. The van der Waals surface area contributed by atoms with E-state index in [2.05, 4.69) is 55.0 Å². The fraction of sp³-hybridized carbons (Fsp3) is 1.00. The van der Waals surface area contributed by atoms with Crippen molar-refractivity contribution in [3.05, 3.63) is 0 Å². The van der Waals surface area contributed by atoms with Crippen molar-refractivity contribution in [2.75, 3.05) is 34.2 Å². The van der Waals surface area contributed by atoms with Crippen LogP contribution in [0.25, 0.3) is 0 Å². The molecule has 0 aromatic rings. The Kier molecular flexibility index (Phi) is 8.20. The van der Waals surface area contributed by atoms with Gasteiger partial charge in [-0.3, -0.25) is 15.1 Å². The summed E-state index contributed by atoms with van der Waals surface area (Å²) in [6.45, 7) is 7.12. The van der Waals surface area contributed by atoms with Crippen molar-refractivity contribution in [1.82, 2.24) is 20.0 Å². The molecule has 2 rings (SSSR count). The first kappa shape index (κ1) is 19.1. The smallest absolute Gasteiger partial charge is 0.120 e. The van der Waals surface area contributed by atoms with Gasteiger partial charge in [0, 0.05) is 18.6 Å². The zero-order chi connectivity index (χ0) is 14.0. The molecule has 0 saturated carbocycles. The molecule has 2 aliphatic heterocycles. The molecule has 2 aliphatic rings. The largest absolute Gasteiger partial charge is 0.304 e. The molecule has 0 aromatic heterocycles. The van der Waals surface area contributed by atoms with E-state index in [1.54, 1.807) is 0 Å². The van der Waals surface area contributed by atoms with Gasteiger partial charge >= 0.3 is 0 Å². The Morgan fingerprint density at radius 3 is 2.30 bits per heavy atom. The standard InChI is InChI=1S/C13H28N4S2.BrH/c1-10-7-9-17(11(2)6-8-16(10)5)13-14-12(15(3)4)18-19-13;/h10-14H,6-9H2,1-5H3;1H. The molecule has 20 heavy (non-hydrogen) atoms. The van der Waals surface area contributed by atoms with Gasteiger partial charge in [0.05, 0.1) is 0 Å². The van der Waals surface area contributed by atoms with E-state index in [9.17, 15) is 0 Å². The lowest BCUT2D eigenvalue weighted by Gasteiger charge is -2.39. The summed E-state index contributed by atoms with van der Waals surface area (Å²) in [6.07, 6.45) is 2.52. The van der Waals surface area contributed by atoms with Crippen LogP contribution in [0.2, 0.25) is 0 Å². The second-order valence-corrected chi connectivity index (χ2v) is 8.45. The highest BCUT2D eigenvalue weighted by Gasteiger charge is 2.34. The van der Waals surface area contributed by atoms with E-state index >= 15 is 0 Å². The van der Waals surface area contributed by atoms with Crippen LogP contribution < -0.4 is 5.32 Å². The molecule has 120 valence electrons. The first-order valence-electron chi connectivity index (χ1n) is 7.19. The predicted molar refractivity (Wildman–Crippen MR) is 97.4 cm³/mol. The lowest BCUT2D eigenvalue weighted by atomic mass is 10.1. The Bertz CT molecular complexity index is 296. The molecule has 0 radical (unpaired) electrons. The molecule has 7 heteroatoms. The molecule has 2 heterocycles. The summed E-state index contributed by atoms with van der Waals surface area (Å²) in [5.74, 6) is 0. The summed E-state index contributed by atoms with van der Waals surface area (Å²) in [7, 11) is 10.5. The van der Waals surface area contributed by atoms with Gasteiger partial charge in [-0.2, -0.15) is 0 Å². The molecule has 0 aromatic carbocycles. The number of rotatable bonds is 2. The maximum absolute atomic E-state index is 3.73. The first-order valence-corrected chi connectivity index (χ1v) is 9.47. The Balaban J connectivity index is 0.00000200. The topological polar surface area (TPSA) is 21.8 Å². The predicted octanol–water partition coefficient (Wildman–Crippen LogP) is 2.48. The summed E-state index contributed by atoms with van der Waals surface area (Å²) in [4.78, 5) is 7.41. The van der Waals surface area contributed by atoms with Crippen molar-refractivity contribution < 1.29 is 0 Å². The van der Waals surface area contributed by atoms with Gasteiger partial charge in [-0.05, 0) is 54.4 Å². The van der Waals surface area contributed by atoms with E-state index in [4.69, 9.17) is 0 Å². The minimum atomic E-state index is 0. The molecule has 0 bridgehead atoms. The van der Waals surface area contributed by atoms with E-state index in [0.29, 0.717) is 23.1 Å². The number of nitrogens with zero attached hydrogens (tertiary/aromatic N) is 3. The van der Waals surface area contributed by atoms with Crippen molar-refractivity contribution in [1.29, 1.82) is 0 Å². The van der Waals surface area contributed by atoms with E-state index in [-0.39, 0.29) is 17.0 Å². The average molecular weight is 385 g/mol. The summed E-state index contributed by atoms with van der Waals surface area (Å²) in [5.41, 5.74) is 0.899. The number of nitrogens with one attached hydrogen (secondary N) is 1. The third-order valence-corrected chi connectivity index (χ3v) is 7.18. The van der Waals surface area contributed by atoms with Gasteiger partial charge in [0.15, 0.2) is 0 Å². The highest BCUT2D eigenvalue weighted by molar-refractivity contribution is 8.93. The maximum Gasteiger partial charge on any atom is 0.120 e. The molecule has 1 N–H and O–H groups in total. The van der Waals surface area contributed by atoms with Crippen LogP contribution in [0.3, 0.4) is 0 Å². The molecule has 4 atom stereocenters. The lowest BCUT2D eigenvalue weighted by molar-refractivity contribution is 0.0974. The van der Waals surface area contributed by atoms with Gasteiger partial charge < -0.3 is 4.90 Å². The van der Waals surface area contributed by atoms with Crippen LogP contribution in [0.1, 0.15) is 26.7 Å². The van der Waals surface area contributed by atoms with Gasteiger partial charge in [-0.15, -0.1) is 17.0 Å². The van der Waals surface area contributed by atoms with Gasteiger partial charge in [0.2, 0.25) is 0 Å². The fourth-order valence-corrected chi connectivity index (χ4v) is 5.64. The van der Waals surface area contributed by atoms with E-state index < -0.39 is 0 Å². The second kappa shape index (κ2) is 8.60. The molecule has 0 spiro atoms. The van der Waals surface area contributed by atoms with E-state index in [1.165, 1.54) is 25.9 Å². The van der Waals surface area contributed by atoms with Crippen molar-refractivity contribution in [2.24, 2.45) is 0 Å². The maximum atomic E-state index is 3.73. The SMILES string of the molecule is Br.CC1CCN(C2NC(N(C)C)SS2)C(C)CCN1C. The number of hydrogen-bond acceptors (Lipinski definition) is 6. The number of halogens is 1. The van der Waals surface area contributed by atoms with Gasteiger partial charge in [-0.1, -0.05) is 21.6 Å². The second-order valence-electron chi connectivity index (χ2n) is 6.02. The third kappa shape index (κ3) is 4.76. The van der Waals surface area contributed by atoms with Crippen LogP contribution >= 0.6 is 38.6 Å². The molecule has 4 unspecified atom stereocenters. The van der Waals surface area contributed by atoms with Gasteiger partial charge in [0.25, 0.3) is 0 Å².